The Labute approximate surface area is 132 Å². The number of hydrogen-bond donors (Lipinski definition) is 1. The molecule has 1 aromatic heterocycles. The number of nitrogens with zero attached hydrogens (tertiary/aromatic N) is 2. The molecule has 0 saturated carbocycles. The van der Waals surface area contributed by atoms with E-state index in [0.717, 1.165) is 6.26 Å². The second-order valence-electron chi connectivity index (χ2n) is 5.20. The van der Waals surface area contributed by atoms with E-state index >= 15 is 0 Å². The first-order valence-electron chi connectivity index (χ1n) is 6.80. The summed E-state index contributed by atoms with van der Waals surface area (Å²) in [6.07, 6.45) is 2.85. The minimum atomic E-state index is -3.29. The minimum absolute atomic E-state index is 0.0265. The molecule has 1 aromatic carbocycles. The van der Waals surface area contributed by atoms with Crippen molar-refractivity contribution < 1.29 is 22.7 Å². The van der Waals surface area contributed by atoms with Gasteiger partial charge in [-0.05, 0) is 36.4 Å². The van der Waals surface area contributed by atoms with Crippen molar-refractivity contribution in [1.82, 2.24) is 0 Å². The molecule has 0 amide bonds. The lowest BCUT2D eigenvalue weighted by molar-refractivity contribution is -0.129. The molecule has 0 spiro atoms. The van der Waals surface area contributed by atoms with Crippen LogP contribution in [0.3, 0.4) is 0 Å². The summed E-state index contributed by atoms with van der Waals surface area (Å²) >= 11 is 0. The highest BCUT2D eigenvalue weighted by Gasteiger charge is 2.34. The van der Waals surface area contributed by atoms with Crippen LogP contribution >= 0.6 is 0 Å². The first-order chi connectivity index (χ1) is 10.9. The lowest BCUT2D eigenvalue weighted by atomic mass is 10.1. The second-order valence-corrected chi connectivity index (χ2v) is 7.21. The minimum Gasteiger partial charge on any atom is -0.477 e. The number of furan rings is 1. The van der Waals surface area contributed by atoms with Crippen molar-refractivity contribution >= 4 is 27.2 Å². The van der Waals surface area contributed by atoms with E-state index < -0.39 is 15.8 Å². The molecule has 8 heteroatoms. The van der Waals surface area contributed by atoms with Crippen LogP contribution in [-0.4, -0.2) is 31.5 Å². The second kappa shape index (κ2) is 5.54. The van der Waals surface area contributed by atoms with Crippen LogP contribution in [0.2, 0.25) is 0 Å². The molecule has 1 unspecified atom stereocenters. The Bertz CT molecular complexity index is 854. The van der Waals surface area contributed by atoms with E-state index in [0.29, 0.717) is 11.4 Å². The van der Waals surface area contributed by atoms with Gasteiger partial charge in [0, 0.05) is 12.7 Å². The van der Waals surface area contributed by atoms with Crippen LogP contribution in [0, 0.1) is 0 Å². The molecule has 120 valence electrons. The maximum Gasteiger partial charge on any atom is 0.352 e. The highest BCUT2D eigenvalue weighted by atomic mass is 32.2. The fourth-order valence-corrected chi connectivity index (χ4v) is 3.06. The van der Waals surface area contributed by atoms with E-state index in [4.69, 9.17) is 4.42 Å². The zero-order valence-electron chi connectivity index (χ0n) is 12.2. The third-order valence-corrected chi connectivity index (χ3v) is 4.69. The van der Waals surface area contributed by atoms with Gasteiger partial charge >= 0.3 is 5.97 Å². The van der Waals surface area contributed by atoms with E-state index in [-0.39, 0.29) is 23.1 Å². The molecular weight excluding hydrogens is 320 g/mol. The maximum absolute atomic E-state index is 11.5. The zero-order valence-corrected chi connectivity index (χ0v) is 13.0. The molecule has 2 heterocycles. The Morgan fingerprint density at radius 2 is 2.00 bits per heavy atom. The summed E-state index contributed by atoms with van der Waals surface area (Å²) < 4.78 is 28.4. The standard InChI is InChI=1S/C15H14N2O5S/c1-23(20,21)11-6-4-10(5-7-11)17-13(14-3-2-8-22-14)9-12(16-17)15(18)19/h2-8,13H,9H2,1H3,(H,18,19). The third kappa shape index (κ3) is 2.98. The van der Waals surface area contributed by atoms with Crippen LogP contribution in [0.15, 0.2) is 57.1 Å². The Balaban J connectivity index is 1.98. The van der Waals surface area contributed by atoms with Crippen molar-refractivity contribution in [3.63, 3.8) is 0 Å². The highest BCUT2D eigenvalue weighted by molar-refractivity contribution is 7.90. The molecule has 1 N–H and O–H groups in total. The quantitative estimate of drug-likeness (QED) is 0.919. The number of aliphatic carboxylic acids is 1. The normalized spacial score (nSPS) is 18.0. The van der Waals surface area contributed by atoms with Gasteiger partial charge in [0.1, 0.15) is 17.5 Å². The fourth-order valence-electron chi connectivity index (χ4n) is 2.43. The molecule has 0 bridgehead atoms. The van der Waals surface area contributed by atoms with Crippen LogP contribution in [0.4, 0.5) is 5.69 Å². The van der Waals surface area contributed by atoms with Gasteiger partial charge in [0.2, 0.25) is 0 Å². The van der Waals surface area contributed by atoms with E-state index in [2.05, 4.69) is 5.10 Å². The summed E-state index contributed by atoms with van der Waals surface area (Å²) in [7, 11) is -3.29. The molecule has 7 nitrogen and oxygen atoms in total. The Hall–Kier alpha value is -2.61. The molecular formula is C15H14N2O5S. The number of carbonyl (C=O) groups is 1. The van der Waals surface area contributed by atoms with Gasteiger partial charge in [0.15, 0.2) is 9.84 Å². The number of carboxylic acid groups (broad SMARTS) is 1. The molecule has 0 aliphatic carbocycles. The SMILES string of the molecule is CS(=O)(=O)c1ccc(N2N=C(C(=O)O)CC2c2ccco2)cc1. The number of sulfone groups is 1. The highest BCUT2D eigenvalue weighted by Crippen LogP contribution is 2.35. The van der Waals surface area contributed by atoms with Crippen LogP contribution in [-0.2, 0) is 14.6 Å². The predicted molar refractivity (Wildman–Crippen MR) is 83.2 cm³/mol. The smallest absolute Gasteiger partial charge is 0.352 e. The maximum atomic E-state index is 11.5. The van der Waals surface area contributed by atoms with Crippen molar-refractivity contribution in [2.24, 2.45) is 5.10 Å². The summed E-state index contributed by atoms with van der Waals surface area (Å²) in [5, 5.41) is 14.8. The number of carboxylic acids is 1. The van der Waals surface area contributed by atoms with Crippen LogP contribution in [0.25, 0.3) is 0 Å². The number of rotatable bonds is 4. The Kier molecular flexibility index (Phi) is 3.69. The molecule has 1 aliphatic rings. The Morgan fingerprint density at radius 1 is 1.30 bits per heavy atom. The average molecular weight is 334 g/mol. The van der Waals surface area contributed by atoms with E-state index in [1.807, 2.05) is 0 Å². The first-order valence-corrected chi connectivity index (χ1v) is 8.69. The summed E-state index contributed by atoms with van der Waals surface area (Å²) in [5.74, 6) is -0.492. The van der Waals surface area contributed by atoms with E-state index in [1.165, 1.54) is 23.4 Å². The lowest BCUT2D eigenvalue weighted by Gasteiger charge is -2.21. The van der Waals surface area contributed by atoms with Crippen LogP contribution < -0.4 is 5.01 Å². The molecule has 2 aromatic rings. The van der Waals surface area contributed by atoms with Gasteiger partial charge in [-0.1, -0.05) is 0 Å². The molecule has 0 fully saturated rings. The fraction of sp³-hybridized carbons (Fsp3) is 0.200. The van der Waals surface area contributed by atoms with Crippen molar-refractivity contribution in [1.29, 1.82) is 0 Å². The number of hydrazone groups is 1. The number of anilines is 1. The van der Waals surface area contributed by atoms with Gasteiger partial charge in [0.05, 0.1) is 16.8 Å². The average Bonchev–Trinajstić information content (AvgIpc) is 3.15. The first kappa shape index (κ1) is 15.3. The van der Waals surface area contributed by atoms with E-state index in [1.54, 1.807) is 24.3 Å². The summed E-state index contributed by atoms with van der Waals surface area (Å²) in [6, 6.07) is 9.24. The topological polar surface area (TPSA) is 100 Å². The van der Waals surface area contributed by atoms with Gasteiger partial charge in [0.25, 0.3) is 0 Å². The zero-order chi connectivity index (χ0) is 16.6. The third-order valence-electron chi connectivity index (χ3n) is 3.56. The van der Waals surface area contributed by atoms with Gasteiger partial charge in [-0.25, -0.2) is 13.2 Å². The molecule has 1 aliphatic heterocycles. The molecule has 23 heavy (non-hydrogen) atoms. The number of hydrogen-bond acceptors (Lipinski definition) is 6. The Morgan fingerprint density at radius 3 is 2.52 bits per heavy atom. The molecule has 3 rings (SSSR count). The van der Waals surface area contributed by atoms with Crippen molar-refractivity contribution in [3.8, 4) is 0 Å². The van der Waals surface area contributed by atoms with Crippen LogP contribution in [0.1, 0.15) is 18.2 Å². The largest absolute Gasteiger partial charge is 0.477 e. The van der Waals surface area contributed by atoms with Crippen LogP contribution in [0.5, 0.6) is 0 Å². The summed E-state index contributed by atoms with van der Waals surface area (Å²) in [5.41, 5.74) is 0.619. The number of benzene rings is 1. The monoisotopic (exact) mass is 334 g/mol. The molecule has 1 atom stereocenters. The van der Waals surface area contributed by atoms with Crippen molar-refractivity contribution in [2.45, 2.75) is 17.4 Å². The summed E-state index contributed by atoms with van der Waals surface area (Å²) in [4.78, 5) is 11.4. The summed E-state index contributed by atoms with van der Waals surface area (Å²) in [6.45, 7) is 0. The predicted octanol–water partition coefficient (Wildman–Crippen LogP) is 2.08. The van der Waals surface area contributed by atoms with Crippen molar-refractivity contribution in [3.05, 3.63) is 48.4 Å². The molecule has 0 saturated heterocycles. The van der Waals surface area contributed by atoms with Gasteiger partial charge in [-0.2, -0.15) is 5.10 Å². The lowest BCUT2D eigenvalue weighted by Crippen LogP contribution is -2.18. The van der Waals surface area contributed by atoms with Crippen molar-refractivity contribution in [2.75, 3.05) is 11.3 Å². The van der Waals surface area contributed by atoms with Gasteiger partial charge in [-0.15, -0.1) is 0 Å². The van der Waals surface area contributed by atoms with Gasteiger partial charge < -0.3 is 9.52 Å². The van der Waals surface area contributed by atoms with E-state index in [9.17, 15) is 18.3 Å². The van der Waals surface area contributed by atoms with Gasteiger partial charge in [-0.3, -0.25) is 5.01 Å². The molecule has 0 radical (unpaired) electrons.